The minimum atomic E-state index is -1.16. The van der Waals surface area contributed by atoms with Gasteiger partial charge in [-0.3, -0.25) is 9.89 Å². The highest BCUT2D eigenvalue weighted by molar-refractivity contribution is 5.78. The predicted octanol–water partition coefficient (Wildman–Crippen LogP) is 1.41. The van der Waals surface area contributed by atoms with Crippen LogP contribution in [-0.2, 0) is 0 Å². The summed E-state index contributed by atoms with van der Waals surface area (Å²) in [4.78, 5) is 16.6. The molecule has 1 unspecified atom stereocenters. The molecule has 0 saturated heterocycles. The van der Waals surface area contributed by atoms with Gasteiger partial charge >= 0.3 is 0 Å². The van der Waals surface area contributed by atoms with Crippen molar-refractivity contribution < 1.29 is 8.78 Å². The van der Waals surface area contributed by atoms with Gasteiger partial charge in [-0.15, -0.1) is 0 Å². The lowest BCUT2D eigenvalue weighted by atomic mass is 10.2. The maximum absolute atomic E-state index is 13.8. The lowest BCUT2D eigenvalue weighted by molar-refractivity contribution is 0.514. The Balaban J connectivity index is 2.48. The molecule has 0 bridgehead atoms. The molecule has 0 radical (unpaired) electrons. The van der Waals surface area contributed by atoms with Crippen LogP contribution in [0, 0.1) is 11.6 Å². The number of nitrogens with two attached hydrogens (primary N) is 1. The van der Waals surface area contributed by atoms with Gasteiger partial charge in [-0.25, -0.2) is 18.3 Å². The van der Waals surface area contributed by atoms with Crippen LogP contribution in [0.25, 0.3) is 16.7 Å². The Morgan fingerprint density at radius 2 is 2.10 bits per heavy atom. The van der Waals surface area contributed by atoms with Crippen molar-refractivity contribution in [2.45, 2.75) is 13.0 Å². The quantitative estimate of drug-likeness (QED) is 0.747. The zero-order valence-corrected chi connectivity index (χ0v) is 11.0. The number of nitrogens with one attached hydrogen (secondary N) is 1. The molecular formula is C13H11F2N5O. The summed E-state index contributed by atoms with van der Waals surface area (Å²) >= 11 is 0. The van der Waals surface area contributed by atoms with Gasteiger partial charge in [0.25, 0.3) is 5.56 Å². The normalized spacial score (nSPS) is 12.8. The number of aromatic amines is 1. The molecule has 3 N–H and O–H groups in total. The Kier molecular flexibility index (Phi) is 3.02. The zero-order valence-electron chi connectivity index (χ0n) is 11.0. The first-order valence-electron chi connectivity index (χ1n) is 6.16. The van der Waals surface area contributed by atoms with Crippen LogP contribution in [0.4, 0.5) is 8.78 Å². The van der Waals surface area contributed by atoms with Crippen molar-refractivity contribution in [3.8, 4) is 5.82 Å². The zero-order chi connectivity index (χ0) is 15.1. The highest BCUT2D eigenvalue weighted by atomic mass is 19.2. The van der Waals surface area contributed by atoms with Gasteiger partial charge in [-0.05, 0) is 19.1 Å². The summed E-state index contributed by atoms with van der Waals surface area (Å²) in [6.07, 6.45) is 1.46. The van der Waals surface area contributed by atoms with Crippen LogP contribution < -0.4 is 11.3 Å². The van der Waals surface area contributed by atoms with Gasteiger partial charge in [0.15, 0.2) is 11.6 Å². The van der Waals surface area contributed by atoms with Gasteiger partial charge in [0, 0.05) is 6.07 Å². The van der Waals surface area contributed by atoms with Crippen molar-refractivity contribution in [2.75, 3.05) is 0 Å². The first-order chi connectivity index (χ1) is 10.0. The van der Waals surface area contributed by atoms with Gasteiger partial charge in [0.1, 0.15) is 17.2 Å². The van der Waals surface area contributed by atoms with Crippen LogP contribution in [0.15, 0.2) is 29.2 Å². The molecule has 0 saturated carbocycles. The molecule has 0 fully saturated rings. The van der Waals surface area contributed by atoms with Crippen LogP contribution in [-0.4, -0.2) is 19.7 Å². The van der Waals surface area contributed by atoms with Crippen LogP contribution in [0.5, 0.6) is 0 Å². The Labute approximate surface area is 117 Å². The standard InChI is InChI=1S/C13H11F2N5O/c1-6(16)12-18-11-7(2-3-8(14)10(11)15)13(21)20(12)9-4-5-17-19-9/h2-6H,16H2,1H3,(H,17,19). The van der Waals surface area contributed by atoms with Crippen molar-refractivity contribution in [3.05, 3.63) is 52.2 Å². The van der Waals surface area contributed by atoms with Crippen LogP contribution >= 0.6 is 0 Å². The number of H-pyrrole nitrogens is 1. The first-order valence-corrected chi connectivity index (χ1v) is 6.16. The molecule has 8 heteroatoms. The first kappa shape index (κ1) is 13.4. The van der Waals surface area contributed by atoms with E-state index >= 15 is 0 Å². The number of halogens is 2. The third-order valence-corrected chi connectivity index (χ3v) is 3.09. The van der Waals surface area contributed by atoms with E-state index in [0.717, 1.165) is 6.07 Å². The summed E-state index contributed by atoms with van der Waals surface area (Å²) in [5.41, 5.74) is 4.92. The molecule has 0 spiro atoms. The van der Waals surface area contributed by atoms with E-state index in [-0.39, 0.29) is 16.7 Å². The number of hydrogen-bond acceptors (Lipinski definition) is 4. The monoisotopic (exact) mass is 291 g/mol. The molecule has 1 atom stereocenters. The Morgan fingerprint density at radius 3 is 2.71 bits per heavy atom. The number of rotatable bonds is 2. The summed E-state index contributed by atoms with van der Waals surface area (Å²) < 4.78 is 28.4. The molecule has 2 aromatic heterocycles. The molecule has 108 valence electrons. The highest BCUT2D eigenvalue weighted by Gasteiger charge is 2.19. The predicted molar refractivity (Wildman–Crippen MR) is 72.0 cm³/mol. The molecule has 3 rings (SSSR count). The van der Waals surface area contributed by atoms with Crippen molar-refractivity contribution in [2.24, 2.45) is 5.73 Å². The maximum Gasteiger partial charge on any atom is 0.267 e. The van der Waals surface area contributed by atoms with Crippen molar-refractivity contribution in [3.63, 3.8) is 0 Å². The molecule has 2 heterocycles. The van der Waals surface area contributed by atoms with Crippen molar-refractivity contribution >= 4 is 10.9 Å². The lowest BCUT2D eigenvalue weighted by Crippen LogP contribution is -2.28. The molecule has 0 aliphatic heterocycles. The lowest BCUT2D eigenvalue weighted by Gasteiger charge is -2.14. The van der Waals surface area contributed by atoms with Crippen LogP contribution in [0.3, 0.4) is 0 Å². The van der Waals surface area contributed by atoms with Gasteiger partial charge < -0.3 is 5.73 Å². The number of nitrogens with zero attached hydrogens (tertiary/aromatic N) is 3. The molecular weight excluding hydrogens is 280 g/mol. The van der Waals surface area contributed by atoms with Crippen molar-refractivity contribution in [1.82, 2.24) is 19.7 Å². The third kappa shape index (κ3) is 2.00. The second kappa shape index (κ2) is 4.74. The van der Waals surface area contributed by atoms with Crippen molar-refractivity contribution in [1.29, 1.82) is 0 Å². The fraction of sp³-hybridized carbons (Fsp3) is 0.154. The number of aromatic nitrogens is 4. The van der Waals surface area contributed by atoms with E-state index in [9.17, 15) is 13.6 Å². The summed E-state index contributed by atoms with van der Waals surface area (Å²) in [5, 5.41) is 6.36. The van der Waals surface area contributed by atoms with Crippen LogP contribution in [0.2, 0.25) is 0 Å². The molecule has 0 aliphatic rings. The maximum atomic E-state index is 13.8. The Bertz CT molecular complexity index is 870. The SMILES string of the molecule is CC(N)c1nc2c(F)c(F)ccc2c(=O)n1-c1ccn[nH]1. The van der Waals surface area contributed by atoms with E-state index in [1.165, 1.54) is 16.8 Å². The van der Waals surface area contributed by atoms with Gasteiger partial charge in [0.05, 0.1) is 17.6 Å². The van der Waals surface area contributed by atoms with Gasteiger partial charge in [-0.2, -0.15) is 5.10 Å². The third-order valence-electron chi connectivity index (χ3n) is 3.09. The molecule has 0 amide bonds. The fourth-order valence-electron chi connectivity index (χ4n) is 2.12. The smallest absolute Gasteiger partial charge is 0.267 e. The molecule has 0 aliphatic carbocycles. The molecule has 21 heavy (non-hydrogen) atoms. The second-order valence-corrected chi connectivity index (χ2v) is 4.60. The van der Waals surface area contributed by atoms with Crippen LogP contribution in [0.1, 0.15) is 18.8 Å². The minimum Gasteiger partial charge on any atom is -0.322 e. The van der Waals surface area contributed by atoms with E-state index in [4.69, 9.17) is 5.73 Å². The average Bonchev–Trinajstić information content (AvgIpc) is 2.96. The second-order valence-electron chi connectivity index (χ2n) is 4.60. The van der Waals surface area contributed by atoms with Gasteiger partial charge in [0.2, 0.25) is 0 Å². The summed E-state index contributed by atoms with van der Waals surface area (Å²) in [6, 6.07) is 2.98. The average molecular weight is 291 g/mol. The minimum absolute atomic E-state index is 0.0344. The van der Waals surface area contributed by atoms with E-state index in [1.54, 1.807) is 13.0 Å². The summed E-state index contributed by atoms with van der Waals surface area (Å²) in [5.74, 6) is -1.76. The largest absolute Gasteiger partial charge is 0.322 e. The number of benzene rings is 1. The van der Waals surface area contributed by atoms with E-state index in [1.807, 2.05) is 0 Å². The van der Waals surface area contributed by atoms with E-state index in [0.29, 0.717) is 5.82 Å². The molecule has 6 nitrogen and oxygen atoms in total. The van der Waals surface area contributed by atoms with E-state index < -0.39 is 23.2 Å². The van der Waals surface area contributed by atoms with Gasteiger partial charge in [-0.1, -0.05) is 0 Å². The number of fused-ring (bicyclic) bond motifs is 1. The molecule has 1 aromatic carbocycles. The fourth-order valence-corrected chi connectivity index (χ4v) is 2.12. The number of hydrogen-bond donors (Lipinski definition) is 2. The highest BCUT2D eigenvalue weighted by Crippen LogP contribution is 2.19. The Morgan fingerprint density at radius 1 is 1.33 bits per heavy atom. The molecule has 3 aromatic rings. The Hall–Kier alpha value is -2.61. The summed E-state index contributed by atoms with van der Waals surface area (Å²) in [6.45, 7) is 1.59. The van der Waals surface area contributed by atoms with E-state index in [2.05, 4.69) is 15.2 Å². The topological polar surface area (TPSA) is 89.6 Å². The summed E-state index contributed by atoms with van der Waals surface area (Å²) in [7, 11) is 0.